The molecule has 0 N–H and O–H groups in total. The summed E-state index contributed by atoms with van der Waals surface area (Å²) in [6, 6.07) is 83.4. The minimum absolute atomic E-state index is 0.118. The molecule has 2 nitrogen and oxygen atoms in total. The molecule has 0 radical (unpaired) electrons. The molecule has 0 amide bonds. The molecule has 0 fully saturated rings. The third kappa shape index (κ3) is 6.69. The van der Waals surface area contributed by atoms with Gasteiger partial charge in [-0.2, -0.15) is 0 Å². The Morgan fingerprint density at radius 3 is 1.22 bits per heavy atom. The molecule has 1 aliphatic rings. The maximum Gasteiger partial charge on any atom is 0.0468 e. The van der Waals surface area contributed by atoms with Gasteiger partial charge in [0.1, 0.15) is 0 Å². The molecule has 1 aliphatic carbocycles. The molecule has 0 spiro atoms. The van der Waals surface area contributed by atoms with E-state index in [0.717, 1.165) is 39.7 Å². The SMILES string of the molecule is CC1(C)c2ccccc2-c2ccc(N(c3ccc(-c4ccccc4)cc3)c3ccc(-c4ccc(N(c5ccccc5)c5ccccc5)cc4)c(-c4ccccc4)c3)cc21. The van der Waals surface area contributed by atoms with E-state index in [0.29, 0.717) is 0 Å². The zero-order valence-electron chi connectivity index (χ0n) is 33.3. The van der Waals surface area contributed by atoms with Gasteiger partial charge in [-0.15, -0.1) is 0 Å². The molecular formula is C57H44N2. The lowest BCUT2D eigenvalue weighted by atomic mass is 9.82. The Kier molecular flexibility index (Phi) is 9.24. The van der Waals surface area contributed by atoms with Crippen LogP contribution < -0.4 is 9.80 Å². The highest BCUT2D eigenvalue weighted by atomic mass is 15.1. The van der Waals surface area contributed by atoms with Gasteiger partial charge in [-0.3, -0.25) is 0 Å². The Morgan fingerprint density at radius 1 is 0.254 bits per heavy atom. The molecular weight excluding hydrogens is 713 g/mol. The highest BCUT2D eigenvalue weighted by Crippen LogP contribution is 2.51. The minimum Gasteiger partial charge on any atom is -0.311 e. The molecule has 0 atom stereocenters. The van der Waals surface area contributed by atoms with Crippen molar-refractivity contribution < 1.29 is 0 Å². The highest BCUT2D eigenvalue weighted by molar-refractivity contribution is 5.91. The lowest BCUT2D eigenvalue weighted by Crippen LogP contribution is -2.16. The topological polar surface area (TPSA) is 6.48 Å². The van der Waals surface area contributed by atoms with E-state index >= 15 is 0 Å². The van der Waals surface area contributed by atoms with Crippen LogP contribution >= 0.6 is 0 Å². The zero-order valence-corrected chi connectivity index (χ0v) is 33.3. The van der Waals surface area contributed by atoms with Crippen molar-refractivity contribution in [1.29, 1.82) is 0 Å². The zero-order chi connectivity index (χ0) is 39.8. The van der Waals surface area contributed by atoms with Gasteiger partial charge in [-0.25, -0.2) is 0 Å². The average molecular weight is 757 g/mol. The summed E-state index contributed by atoms with van der Waals surface area (Å²) in [6.45, 7) is 4.71. The summed E-state index contributed by atoms with van der Waals surface area (Å²) < 4.78 is 0. The molecule has 9 aromatic carbocycles. The van der Waals surface area contributed by atoms with Crippen LogP contribution in [0.25, 0.3) is 44.5 Å². The van der Waals surface area contributed by atoms with Gasteiger partial charge in [-0.05, 0) is 128 Å². The fourth-order valence-electron chi connectivity index (χ4n) is 8.88. The fourth-order valence-corrected chi connectivity index (χ4v) is 8.88. The first kappa shape index (κ1) is 36.0. The largest absolute Gasteiger partial charge is 0.311 e. The van der Waals surface area contributed by atoms with Gasteiger partial charge in [0, 0.05) is 39.5 Å². The molecule has 0 unspecified atom stereocenters. The van der Waals surface area contributed by atoms with Crippen LogP contribution in [0, 0.1) is 0 Å². The number of anilines is 6. The van der Waals surface area contributed by atoms with Gasteiger partial charge in [0.05, 0.1) is 0 Å². The molecule has 282 valence electrons. The smallest absolute Gasteiger partial charge is 0.0468 e. The maximum absolute atomic E-state index is 2.42. The summed E-state index contributed by atoms with van der Waals surface area (Å²) in [7, 11) is 0. The van der Waals surface area contributed by atoms with E-state index in [1.165, 1.54) is 50.1 Å². The first-order valence-corrected chi connectivity index (χ1v) is 20.4. The second-order valence-electron chi connectivity index (χ2n) is 15.8. The van der Waals surface area contributed by atoms with Crippen molar-refractivity contribution >= 4 is 34.1 Å². The number of fused-ring (bicyclic) bond motifs is 3. The van der Waals surface area contributed by atoms with E-state index in [1.807, 2.05) is 0 Å². The summed E-state index contributed by atoms with van der Waals surface area (Å²) >= 11 is 0. The Bertz CT molecular complexity index is 2830. The molecule has 0 saturated carbocycles. The Hall–Kier alpha value is -7.42. The lowest BCUT2D eigenvalue weighted by molar-refractivity contribution is 0.660. The van der Waals surface area contributed by atoms with E-state index in [1.54, 1.807) is 0 Å². The van der Waals surface area contributed by atoms with Gasteiger partial charge < -0.3 is 9.80 Å². The van der Waals surface area contributed by atoms with E-state index in [-0.39, 0.29) is 5.41 Å². The molecule has 0 heterocycles. The van der Waals surface area contributed by atoms with Crippen LogP contribution in [0.1, 0.15) is 25.0 Å². The normalized spacial score (nSPS) is 12.4. The molecule has 0 bridgehead atoms. The number of rotatable bonds is 9. The van der Waals surface area contributed by atoms with Gasteiger partial charge in [0.25, 0.3) is 0 Å². The molecule has 2 heteroatoms. The molecule has 0 saturated heterocycles. The monoisotopic (exact) mass is 756 g/mol. The predicted octanol–water partition coefficient (Wildman–Crippen LogP) is 15.9. The fraction of sp³-hybridized carbons (Fsp3) is 0.0526. The van der Waals surface area contributed by atoms with Crippen molar-refractivity contribution in [3.05, 3.63) is 242 Å². The molecule has 59 heavy (non-hydrogen) atoms. The molecule has 0 aromatic heterocycles. The maximum atomic E-state index is 2.42. The molecule has 9 aromatic rings. The minimum atomic E-state index is -0.118. The second-order valence-corrected chi connectivity index (χ2v) is 15.8. The molecule has 10 rings (SSSR count). The van der Waals surface area contributed by atoms with Crippen LogP contribution in [-0.2, 0) is 5.41 Å². The number of nitrogens with zero attached hydrogens (tertiary/aromatic N) is 2. The number of para-hydroxylation sites is 2. The highest BCUT2D eigenvalue weighted by Gasteiger charge is 2.35. The summed E-state index contributed by atoms with van der Waals surface area (Å²) in [5.74, 6) is 0. The Morgan fingerprint density at radius 2 is 0.627 bits per heavy atom. The van der Waals surface area contributed by atoms with Gasteiger partial charge in [0.2, 0.25) is 0 Å². The predicted molar refractivity (Wildman–Crippen MR) is 250 cm³/mol. The van der Waals surface area contributed by atoms with Crippen molar-refractivity contribution in [2.45, 2.75) is 19.3 Å². The Labute approximate surface area is 347 Å². The summed E-state index contributed by atoms with van der Waals surface area (Å²) in [5, 5.41) is 0. The van der Waals surface area contributed by atoms with E-state index in [9.17, 15) is 0 Å². The van der Waals surface area contributed by atoms with Crippen LogP contribution in [0.3, 0.4) is 0 Å². The number of hydrogen-bond acceptors (Lipinski definition) is 2. The quantitative estimate of drug-likeness (QED) is 0.145. The summed E-state index contributed by atoms with van der Waals surface area (Å²) in [6.07, 6.45) is 0. The van der Waals surface area contributed by atoms with Gasteiger partial charge >= 0.3 is 0 Å². The Balaban J connectivity index is 1.10. The summed E-state index contributed by atoms with van der Waals surface area (Å²) in [4.78, 5) is 4.73. The summed E-state index contributed by atoms with van der Waals surface area (Å²) in [5.41, 5.74) is 19.1. The number of hydrogen-bond donors (Lipinski definition) is 0. The second kappa shape index (κ2) is 15.2. The van der Waals surface area contributed by atoms with Crippen LogP contribution in [0.4, 0.5) is 34.1 Å². The standard InChI is InChI=1S/C57H44N2/c1-57(2)55-26-16-15-25-52(55)53-38-36-50(40-56(53)57)59(48-31-27-42(28-32-48)41-17-7-3-8-18-41)49-35-37-51(54(39-49)43-19-9-4-10-20-43)44-29-33-47(34-30-44)58(45-21-11-5-12-22-45)46-23-13-6-14-24-46/h3-40H,1-2H3. The average Bonchev–Trinajstić information content (AvgIpc) is 3.53. The first-order chi connectivity index (χ1) is 29.0. The van der Waals surface area contributed by atoms with Crippen molar-refractivity contribution in [1.82, 2.24) is 0 Å². The lowest BCUT2D eigenvalue weighted by Gasteiger charge is -2.29. The third-order valence-corrected chi connectivity index (χ3v) is 11.9. The van der Waals surface area contributed by atoms with E-state index in [4.69, 9.17) is 0 Å². The van der Waals surface area contributed by atoms with Gasteiger partial charge in [-0.1, -0.05) is 172 Å². The van der Waals surface area contributed by atoms with E-state index in [2.05, 4.69) is 254 Å². The van der Waals surface area contributed by atoms with Crippen molar-refractivity contribution in [3.63, 3.8) is 0 Å². The van der Waals surface area contributed by atoms with E-state index < -0.39 is 0 Å². The third-order valence-electron chi connectivity index (χ3n) is 11.9. The van der Waals surface area contributed by atoms with Gasteiger partial charge in [0.15, 0.2) is 0 Å². The van der Waals surface area contributed by atoms with Crippen LogP contribution in [0.15, 0.2) is 231 Å². The number of benzene rings is 9. The van der Waals surface area contributed by atoms with Crippen molar-refractivity contribution in [2.75, 3.05) is 9.80 Å². The van der Waals surface area contributed by atoms with Crippen LogP contribution in [0.5, 0.6) is 0 Å². The van der Waals surface area contributed by atoms with Crippen molar-refractivity contribution in [3.8, 4) is 44.5 Å². The van der Waals surface area contributed by atoms with Crippen LogP contribution in [0.2, 0.25) is 0 Å². The van der Waals surface area contributed by atoms with Crippen LogP contribution in [-0.4, -0.2) is 0 Å². The molecule has 0 aliphatic heterocycles. The van der Waals surface area contributed by atoms with Crippen molar-refractivity contribution in [2.24, 2.45) is 0 Å². The first-order valence-electron chi connectivity index (χ1n) is 20.4.